The normalized spacial score (nSPS) is 26.1. The summed E-state index contributed by atoms with van der Waals surface area (Å²) in [6.07, 6.45) is 4.89. The smallest absolute Gasteiger partial charge is 0.306 e. The van der Waals surface area contributed by atoms with Crippen molar-refractivity contribution in [3.63, 3.8) is 0 Å². The lowest BCUT2D eigenvalue weighted by Gasteiger charge is -2.20. The molecule has 1 fully saturated rings. The van der Waals surface area contributed by atoms with Crippen LogP contribution in [-0.2, 0) is 9.53 Å². The number of cyclic esters (lactones) is 1. The highest BCUT2D eigenvalue weighted by Crippen LogP contribution is 2.16. The SMILES string of the molecule is CSCC1CCCC(=O)O1. The molecule has 0 bridgehead atoms. The highest BCUT2D eigenvalue weighted by molar-refractivity contribution is 7.98. The molecule has 0 aromatic rings. The lowest BCUT2D eigenvalue weighted by Crippen LogP contribution is -2.25. The second-order valence-electron chi connectivity index (χ2n) is 2.46. The van der Waals surface area contributed by atoms with E-state index in [9.17, 15) is 4.79 Å². The van der Waals surface area contributed by atoms with Crippen molar-refractivity contribution in [3.05, 3.63) is 0 Å². The van der Waals surface area contributed by atoms with Crippen molar-refractivity contribution in [1.82, 2.24) is 0 Å². The summed E-state index contributed by atoms with van der Waals surface area (Å²) in [4.78, 5) is 10.7. The number of carbonyl (C=O) groups is 1. The molecule has 1 atom stereocenters. The van der Waals surface area contributed by atoms with Gasteiger partial charge in [0.15, 0.2) is 0 Å². The molecule has 1 unspecified atom stereocenters. The summed E-state index contributed by atoms with van der Waals surface area (Å²) < 4.78 is 5.07. The van der Waals surface area contributed by atoms with Crippen molar-refractivity contribution in [2.75, 3.05) is 12.0 Å². The fraction of sp³-hybridized carbons (Fsp3) is 0.857. The monoisotopic (exact) mass is 160 g/mol. The molecule has 0 saturated carbocycles. The molecule has 0 N–H and O–H groups in total. The molecular formula is C7H12O2S. The van der Waals surface area contributed by atoms with E-state index in [2.05, 4.69) is 0 Å². The first-order chi connectivity index (χ1) is 4.83. The van der Waals surface area contributed by atoms with Crippen molar-refractivity contribution in [1.29, 1.82) is 0 Å². The largest absolute Gasteiger partial charge is 0.461 e. The van der Waals surface area contributed by atoms with Gasteiger partial charge in [-0.1, -0.05) is 0 Å². The minimum absolute atomic E-state index is 0.0229. The number of ether oxygens (including phenoxy) is 1. The summed E-state index contributed by atoms with van der Waals surface area (Å²) >= 11 is 1.73. The Bertz CT molecular complexity index is 123. The average Bonchev–Trinajstić information content (AvgIpc) is 1.88. The Hall–Kier alpha value is -0.180. The molecule has 2 nitrogen and oxygen atoms in total. The Balaban J connectivity index is 2.25. The lowest BCUT2D eigenvalue weighted by molar-refractivity contribution is -0.152. The molecular weight excluding hydrogens is 148 g/mol. The van der Waals surface area contributed by atoms with Gasteiger partial charge in [0.1, 0.15) is 6.10 Å². The van der Waals surface area contributed by atoms with E-state index < -0.39 is 0 Å². The number of carbonyl (C=O) groups excluding carboxylic acids is 1. The molecule has 0 aliphatic carbocycles. The van der Waals surface area contributed by atoms with Gasteiger partial charge in [-0.05, 0) is 19.1 Å². The first-order valence-corrected chi connectivity index (χ1v) is 4.90. The summed E-state index contributed by atoms with van der Waals surface area (Å²) in [7, 11) is 0. The van der Waals surface area contributed by atoms with E-state index in [0.29, 0.717) is 6.42 Å². The lowest BCUT2D eigenvalue weighted by atomic mass is 10.1. The Labute approximate surface area is 65.3 Å². The van der Waals surface area contributed by atoms with Crippen molar-refractivity contribution < 1.29 is 9.53 Å². The fourth-order valence-electron chi connectivity index (χ4n) is 1.08. The van der Waals surface area contributed by atoms with Crippen molar-refractivity contribution in [3.8, 4) is 0 Å². The molecule has 1 saturated heterocycles. The van der Waals surface area contributed by atoms with Gasteiger partial charge in [0.25, 0.3) is 0 Å². The standard InChI is InChI=1S/C7H12O2S/c1-10-5-6-3-2-4-7(8)9-6/h6H,2-5H2,1H3. The van der Waals surface area contributed by atoms with E-state index in [1.165, 1.54) is 0 Å². The molecule has 1 heterocycles. The number of rotatable bonds is 2. The number of hydrogen-bond acceptors (Lipinski definition) is 3. The van der Waals surface area contributed by atoms with Crippen LogP contribution < -0.4 is 0 Å². The first kappa shape index (κ1) is 7.92. The minimum atomic E-state index is -0.0229. The molecule has 10 heavy (non-hydrogen) atoms. The van der Waals surface area contributed by atoms with Crippen LogP contribution in [0.4, 0.5) is 0 Å². The van der Waals surface area contributed by atoms with Gasteiger partial charge in [-0.2, -0.15) is 11.8 Å². The van der Waals surface area contributed by atoms with Gasteiger partial charge < -0.3 is 4.74 Å². The predicted molar refractivity (Wildman–Crippen MR) is 42.1 cm³/mol. The van der Waals surface area contributed by atoms with Crippen LogP contribution in [0.5, 0.6) is 0 Å². The van der Waals surface area contributed by atoms with Crippen LogP contribution in [0, 0.1) is 0 Å². The van der Waals surface area contributed by atoms with Gasteiger partial charge in [-0.25, -0.2) is 0 Å². The van der Waals surface area contributed by atoms with Crippen molar-refractivity contribution >= 4 is 17.7 Å². The maximum Gasteiger partial charge on any atom is 0.306 e. The Morgan fingerprint density at radius 2 is 2.60 bits per heavy atom. The molecule has 0 aromatic carbocycles. The topological polar surface area (TPSA) is 26.3 Å². The Kier molecular flexibility index (Phi) is 3.06. The van der Waals surface area contributed by atoms with E-state index in [1.807, 2.05) is 6.26 Å². The third-order valence-electron chi connectivity index (χ3n) is 1.56. The molecule has 0 amide bonds. The molecule has 1 aliphatic heterocycles. The van der Waals surface area contributed by atoms with Crippen molar-refractivity contribution in [2.45, 2.75) is 25.4 Å². The van der Waals surface area contributed by atoms with Crippen LogP contribution in [0.1, 0.15) is 19.3 Å². The number of esters is 1. The van der Waals surface area contributed by atoms with Crippen LogP contribution in [0.2, 0.25) is 0 Å². The minimum Gasteiger partial charge on any atom is -0.461 e. The van der Waals surface area contributed by atoms with Crippen LogP contribution >= 0.6 is 11.8 Å². The zero-order chi connectivity index (χ0) is 7.40. The second kappa shape index (κ2) is 3.86. The second-order valence-corrected chi connectivity index (χ2v) is 3.37. The highest BCUT2D eigenvalue weighted by Gasteiger charge is 2.18. The zero-order valence-corrected chi connectivity index (χ0v) is 6.95. The third kappa shape index (κ3) is 2.21. The molecule has 3 heteroatoms. The van der Waals surface area contributed by atoms with E-state index >= 15 is 0 Å². The van der Waals surface area contributed by atoms with Gasteiger partial charge >= 0.3 is 5.97 Å². The summed E-state index contributed by atoms with van der Waals surface area (Å²) in [5, 5.41) is 0. The fourth-order valence-corrected chi connectivity index (χ4v) is 1.69. The maximum absolute atomic E-state index is 10.7. The molecule has 1 rings (SSSR count). The molecule has 0 aromatic heterocycles. The van der Waals surface area contributed by atoms with E-state index in [4.69, 9.17) is 4.74 Å². The average molecular weight is 160 g/mol. The van der Waals surface area contributed by atoms with Crippen molar-refractivity contribution in [2.24, 2.45) is 0 Å². The molecule has 58 valence electrons. The molecule has 1 aliphatic rings. The summed E-state index contributed by atoms with van der Waals surface area (Å²) in [6.45, 7) is 0. The van der Waals surface area contributed by atoms with E-state index in [0.717, 1.165) is 18.6 Å². The van der Waals surface area contributed by atoms with Gasteiger partial charge in [0.2, 0.25) is 0 Å². The van der Waals surface area contributed by atoms with Crippen LogP contribution in [0.25, 0.3) is 0 Å². The highest BCUT2D eigenvalue weighted by atomic mass is 32.2. The van der Waals surface area contributed by atoms with Gasteiger partial charge in [-0.15, -0.1) is 0 Å². The Morgan fingerprint density at radius 3 is 3.20 bits per heavy atom. The van der Waals surface area contributed by atoms with Gasteiger partial charge in [0.05, 0.1) is 0 Å². The summed E-state index contributed by atoms with van der Waals surface area (Å²) in [5.74, 6) is 0.927. The molecule has 0 radical (unpaired) electrons. The molecule has 0 spiro atoms. The quantitative estimate of drug-likeness (QED) is 0.572. The number of thioether (sulfide) groups is 1. The van der Waals surface area contributed by atoms with Crippen LogP contribution in [0.15, 0.2) is 0 Å². The maximum atomic E-state index is 10.7. The van der Waals surface area contributed by atoms with Crippen LogP contribution in [-0.4, -0.2) is 24.1 Å². The van der Waals surface area contributed by atoms with Gasteiger partial charge in [-0.3, -0.25) is 4.79 Å². The first-order valence-electron chi connectivity index (χ1n) is 3.51. The zero-order valence-electron chi connectivity index (χ0n) is 6.13. The summed E-state index contributed by atoms with van der Waals surface area (Å²) in [5.41, 5.74) is 0. The Morgan fingerprint density at radius 1 is 1.80 bits per heavy atom. The van der Waals surface area contributed by atoms with E-state index in [1.54, 1.807) is 11.8 Å². The van der Waals surface area contributed by atoms with Gasteiger partial charge in [0, 0.05) is 12.2 Å². The number of hydrogen-bond donors (Lipinski definition) is 0. The van der Waals surface area contributed by atoms with E-state index in [-0.39, 0.29) is 12.1 Å². The van der Waals surface area contributed by atoms with Crippen LogP contribution in [0.3, 0.4) is 0 Å². The summed E-state index contributed by atoms with van der Waals surface area (Å²) in [6, 6.07) is 0. The predicted octanol–water partition coefficient (Wildman–Crippen LogP) is 1.45. The third-order valence-corrected chi connectivity index (χ3v) is 2.26.